The summed E-state index contributed by atoms with van der Waals surface area (Å²) < 4.78 is 12.9. The molecule has 4 aliphatic heterocycles. The van der Waals surface area contributed by atoms with Gasteiger partial charge in [-0.15, -0.1) is 0 Å². The Morgan fingerprint density at radius 3 is 2.86 bits per heavy atom. The number of aromatic hydroxyl groups is 1. The number of nitrogens with zero attached hydrogens (tertiary/aromatic N) is 1. The summed E-state index contributed by atoms with van der Waals surface area (Å²) in [6.45, 7) is 3.03. The number of phenolic OH excluding ortho intramolecular Hbond substituents is 1. The van der Waals surface area contributed by atoms with Gasteiger partial charge in [-0.1, -0.05) is 12.1 Å². The second-order valence-corrected chi connectivity index (χ2v) is 8.65. The van der Waals surface area contributed by atoms with Gasteiger partial charge in [0.25, 0.3) is 0 Å². The van der Waals surface area contributed by atoms with E-state index in [1.165, 1.54) is 23.2 Å². The van der Waals surface area contributed by atoms with Crippen LogP contribution >= 0.6 is 0 Å². The van der Waals surface area contributed by atoms with E-state index >= 15 is 0 Å². The molecule has 2 aromatic rings. The van der Waals surface area contributed by atoms with E-state index < -0.39 is 0 Å². The first-order valence-corrected chi connectivity index (χ1v) is 10.5. The summed E-state index contributed by atoms with van der Waals surface area (Å²) in [6, 6.07) is 12.2. The van der Waals surface area contributed by atoms with E-state index in [0.717, 1.165) is 56.8 Å². The van der Waals surface area contributed by atoms with Crippen molar-refractivity contribution >= 4 is 5.69 Å². The first-order chi connectivity index (χ1) is 13.7. The monoisotopic (exact) mass is 378 g/mol. The number of ether oxygens (including phenoxy) is 2. The van der Waals surface area contributed by atoms with E-state index in [1.54, 1.807) is 6.07 Å². The minimum Gasteiger partial charge on any atom is -0.508 e. The minimum absolute atomic E-state index is 0.141. The van der Waals surface area contributed by atoms with Gasteiger partial charge < -0.3 is 24.8 Å². The Hall–Kier alpha value is -2.40. The van der Waals surface area contributed by atoms with Crippen LogP contribution in [-0.4, -0.2) is 36.6 Å². The normalized spacial score (nSPS) is 26.9. The van der Waals surface area contributed by atoms with Crippen molar-refractivity contribution < 1.29 is 14.6 Å². The van der Waals surface area contributed by atoms with E-state index in [-0.39, 0.29) is 17.7 Å². The van der Waals surface area contributed by atoms with Crippen LogP contribution < -0.4 is 19.7 Å². The molecule has 0 bridgehead atoms. The summed E-state index contributed by atoms with van der Waals surface area (Å²) in [6.07, 6.45) is 5.43. The lowest BCUT2D eigenvalue weighted by Crippen LogP contribution is -2.49. The van der Waals surface area contributed by atoms with Crippen molar-refractivity contribution in [2.75, 3.05) is 24.5 Å². The molecule has 2 saturated heterocycles. The van der Waals surface area contributed by atoms with Crippen LogP contribution in [0.1, 0.15) is 49.1 Å². The summed E-state index contributed by atoms with van der Waals surface area (Å²) in [7, 11) is 0. The molecule has 2 aromatic carbocycles. The van der Waals surface area contributed by atoms with Gasteiger partial charge in [0.2, 0.25) is 0 Å². The van der Waals surface area contributed by atoms with Gasteiger partial charge in [-0.05, 0) is 62.5 Å². The summed E-state index contributed by atoms with van der Waals surface area (Å²) in [5, 5.41) is 13.6. The van der Waals surface area contributed by atoms with Gasteiger partial charge in [-0.3, -0.25) is 0 Å². The first kappa shape index (κ1) is 16.5. The second kappa shape index (κ2) is 6.05. The standard InChI is InChI=1S/C23H26N2O3/c26-16-4-1-3-15(11-16)18-14-23(6-8-24-9-7-23)28-20-13-21-19(12-17(18)20)25-10-2-5-22(25)27-21/h1,3-4,11-13,18,22,24,26H,2,5-10,14H2. The number of hydrogen-bond donors (Lipinski definition) is 2. The number of piperidine rings is 1. The van der Waals surface area contributed by atoms with Gasteiger partial charge in [0.15, 0.2) is 6.23 Å². The van der Waals surface area contributed by atoms with Crippen LogP contribution in [0.25, 0.3) is 0 Å². The molecule has 0 saturated carbocycles. The fourth-order valence-corrected chi connectivity index (χ4v) is 5.51. The molecule has 5 nitrogen and oxygen atoms in total. The van der Waals surface area contributed by atoms with Gasteiger partial charge in [-0.25, -0.2) is 0 Å². The van der Waals surface area contributed by atoms with Crippen molar-refractivity contribution in [3.8, 4) is 17.2 Å². The maximum Gasteiger partial charge on any atom is 0.172 e. The average Bonchev–Trinajstić information content (AvgIpc) is 3.28. The molecule has 2 atom stereocenters. The van der Waals surface area contributed by atoms with E-state index in [0.29, 0.717) is 5.75 Å². The fraction of sp³-hybridized carbons (Fsp3) is 0.478. The number of anilines is 1. The molecule has 4 aliphatic rings. The molecular weight excluding hydrogens is 352 g/mol. The maximum atomic E-state index is 10.1. The molecule has 146 valence electrons. The summed E-state index contributed by atoms with van der Waals surface area (Å²) in [4.78, 5) is 2.39. The Labute approximate surface area is 165 Å². The van der Waals surface area contributed by atoms with Crippen molar-refractivity contribution in [1.29, 1.82) is 0 Å². The lowest BCUT2D eigenvalue weighted by atomic mass is 9.75. The molecule has 2 unspecified atom stereocenters. The fourth-order valence-electron chi connectivity index (χ4n) is 5.51. The van der Waals surface area contributed by atoms with Gasteiger partial charge in [0.1, 0.15) is 22.8 Å². The van der Waals surface area contributed by atoms with Crippen LogP contribution in [-0.2, 0) is 0 Å². The third kappa shape index (κ3) is 2.49. The largest absolute Gasteiger partial charge is 0.508 e. The van der Waals surface area contributed by atoms with Crippen LogP contribution in [0.3, 0.4) is 0 Å². The molecule has 1 spiro atoms. The zero-order valence-corrected chi connectivity index (χ0v) is 16.0. The third-order valence-electron chi connectivity index (χ3n) is 6.93. The molecule has 0 aromatic heterocycles. The van der Waals surface area contributed by atoms with E-state index in [4.69, 9.17) is 9.47 Å². The predicted molar refractivity (Wildman–Crippen MR) is 107 cm³/mol. The van der Waals surface area contributed by atoms with Gasteiger partial charge >= 0.3 is 0 Å². The number of rotatable bonds is 1. The highest BCUT2D eigenvalue weighted by Gasteiger charge is 2.44. The lowest BCUT2D eigenvalue weighted by molar-refractivity contribution is 0.0112. The van der Waals surface area contributed by atoms with Crippen molar-refractivity contribution in [1.82, 2.24) is 5.32 Å². The molecule has 5 heteroatoms. The SMILES string of the molecule is Oc1cccc(C2CC3(CCNCC3)Oc3cc4c(cc32)N2CCCC2O4)c1. The number of phenols is 1. The van der Waals surface area contributed by atoms with Gasteiger partial charge in [-0.2, -0.15) is 0 Å². The number of hydrogen-bond acceptors (Lipinski definition) is 5. The van der Waals surface area contributed by atoms with Crippen LogP contribution in [0.5, 0.6) is 17.2 Å². The maximum absolute atomic E-state index is 10.1. The lowest BCUT2D eigenvalue weighted by Gasteiger charge is -2.45. The van der Waals surface area contributed by atoms with Crippen molar-refractivity contribution in [2.45, 2.75) is 49.9 Å². The number of benzene rings is 2. The quantitative estimate of drug-likeness (QED) is 0.792. The average molecular weight is 378 g/mol. The predicted octanol–water partition coefficient (Wildman–Crippen LogP) is 3.75. The molecule has 2 N–H and O–H groups in total. The Balaban J connectivity index is 1.48. The van der Waals surface area contributed by atoms with Crippen molar-refractivity contribution in [3.05, 3.63) is 47.5 Å². The highest BCUT2D eigenvalue weighted by atomic mass is 16.5. The van der Waals surface area contributed by atoms with E-state index in [1.807, 2.05) is 12.1 Å². The molecule has 0 aliphatic carbocycles. The summed E-state index contributed by atoms with van der Waals surface area (Å²) in [5.41, 5.74) is 3.46. The van der Waals surface area contributed by atoms with Gasteiger partial charge in [0.05, 0.1) is 5.69 Å². The highest BCUT2D eigenvalue weighted by Crippen LogP contribution is 2.53. The second-order valence-electron chi connectivity index (χ2n) is 8.65. The Morgan fingerprint density at radius 1 is 1.11 bits per heavy atom. The first-order valence-electron chi connectivity index (χ1n) is 10.5. The molecule has 4 heterocycles. The van der Waals surface area contributed by atoms with Crippen LogP contribution in [0.2, 0.25) is 0 Å². The Bertz CT molecular complexity index is 922. The molecule has 2 fully saturated rings. The highest BCUT2D eigenvalue weighted by molar-refractivity contribution is 5.69. The molecule has 28 heavy (non-hydrogen) atoms. The van der Waals surface area contributed by atoms with E-state index in [9.17, 15) is 5.11 Å². The zero-order chi connectivity index (χ0) is 18.7. The summed E-state index contributed by atoms with van der Waals surface area (Å²) in [5.74, 6) is 2.47. The topological polar surface area (TPSA) is 54.0 Å². The molecule has 0 radical (unpaired) electrons. The third-order valence-corrected chi connectivity index (χ3v) is 6.93. The molecular formula is C23H26N2O3. The van der Waals surface area contributed by atoms with Crippen LogP contribution in [0, 0.1) is 0 Å². The number of nitrogens with one attached hydrogen (secondary N) is 1. The van der Waals surface area contributed by atoms with Crippen LogP contribution in [0.15, 0.2) is 36.4 Å². The van der Waals surface area contributed by atoms with Crippen LogP contribution in [0.4, 0.5) is 5.69 Å². The zero-order valence-electron chi connectivity index (χ0n) is 16.0. The molecule has 0 amide bonds. The van der Waals surface area contributed by atoms with Crippen molar-refractivity contribution in [2.24, 2.45) is 0 Å². The molecule has 6 rings (SSSR count). The Kier molecular flexibility index (Phi) is 3.57. The number of fused-ring (bicyclic) bond motifs is 4. The Morgan fingerprint density at radius 2 is 2.00 bits per heavy atom. The van der Waals surface area contributed by atoms with Gasteiger partial charge in [0, 0.05) is 30.5 Å². The minimum atomic E-state index is -0.141. The van der Waals surface area contributed by atoms with Crippen molar-refractivity contribution in [3.63, 3.8) is 0 Å². The van der Waals surface area contributed by atoms with E-state index in [2.05, 4.69) is 28.4 Å². The smallest absolute Gasteiger partial charge is 0.172 e. The summed E-state index contributed by atoms with van der Waals surface area (Å²) >= 11 is 0.